The van der Waals surface area contributed by atoms with E-state index in [0.29, 0.717) is 11.6 Å². The zero-order valence-corrected chi connectivity index (χ0v) is 11.6. The maximum absolute atomic E-state index is 5.63. The van der Waals surface area contributed by atoms with Gasteiger partial charge in [-0.15, -0.1) is 24.8 Å². The van der Waals surface area contributed by atoms with Crippen molar-refractivity contribution in [3.8, 4) is 5.75 Å². The molecule has 0 aromatic carbocycles. The van der Waals surface area contributed by atoms with E-state index in [4.69, 9.17) is 16.2 Å². The third-order valence-corrected chi connectivity index (χ3v) is 1.94. The summed E-state index contributed by atoms with van der Waals surface area (Å²) in [4.78, 5) is 4.02. The van der Waals surface area contributed by atoms with Crippen molar-refractivity contribution < 1.29 is 4.74 Å². The van der Waals surface area contributed by atoms with Gasteiger partial charge < -0.3 is 16.2 Å². The van der Waals surface area contributed by atoms with Gasteiger partial charge in [-0.05, 0) is 25.0 Å². The molecule has 1 heterocycles. The van der Waals surface area contributed by atoms with Crippen molar-refractivity contribution in [1.82, 2.24) is 4.98 Å². The SMILES string of the molecule is COc1cc(/C=C/C[C@H](C)N)cnc1N.Cl.Cl. The highest BCUT2D eigenvalue weighted by atomic mass is 35.5. The smallest absolute Gasteiger partial charge is 0.166 e. The highest BCUT2D eigenvalue weighted by Gasteiger charge is 1.99. The van der Waals surface area contributed by atoms with Crippen LogP contribution in [0.25, 0.3) is 6.08 Å². The molecule has 4 nitrogen and oxygen atoms in total. The average Bonchev–Trinajstić information content (AvgIpc) is 2.20. The van der Waals surface area contributed by atoms with Crippen molar-refractivity contribution in [1.29, 1.82) is 0 Å². The van der Waals surface area contributed by atoms with E-state index in [1.165, 1.54) is 0 Å². The molecule has 17 heavy (non-hydrogen) atoms. The molecule has 0 saturated heterocycles. The quantitative estimate of drug-likeness (QED) is 0.887. The van der Waals surface area contributed by atoms with Gasteiger partial charge in [0.05, 0.1) is 7.11 Å². The van der Waals surface area contributed by atoms with Gasteiger partial charge in [-0.3, -0.25) is 0 Å². The van der Waals surface area contributed by atoms with Gasteiger partial charge in [0.25, 0.3) is 0 Å². The molecule has 0 unspecified atom stereocenters. The van der Waals surface area contributed by atoms with E-state index in [1.54, 1.807) is 13.3 Å². The first-order valence-electron chi connectivity index (χ1n) is 4.85. The number of hydrogen-bond donors (Lipinski definition) is 2. The molecular weight excluding hydrogens is 261 g/mol. The van der Waals surface area contributed by atoms with E-state index < -0.39 is 0 Å². The first-order valence-corrected chi connectivity index (χ1v) is 4.85. The lowest BCUT2D eigenvalue weighted by Crippen LogP contribution is -2.12. The molecule has 0 spiro atoms. The molecule has 1 atom stereocenters. The first kappa shape index (κ1) is 18.4. The van der Waals surface area contributed by atoms with Gasteiger partial charge in [-0.2, -0.15) is 0 Å². The van der Waals surface area contributed by atoms with Crippen molar-refractivity contribution >= 4 is 36.7 Å². The molecular formula is C11H19Cl2N3O. The molecule has 1 aromatic rings. The third kappa shape index (κ3) is 6.36. The van der Waals surface area contributed by atoms with Crippen LogP contribution in [0.15, 0.2) is 18.3 Å². The Kier molecular flexibility index (Phi) is 9.85. The summed E-state index contributed by atoms with van der Waals surface area (Å²) in [7, 11) is 1.57. The van der Waals surface area contributed by atoms with E-state index in [2.05, 4.69) is 4.98 Å². The number of pyridine rings is 1. The summed E-state index contributed by atoms with van der Waals surface area (Å²) < 4.78 is 5.07. The number of nitrogens with zero attached hydrogens (tertiary/aromatic N) is 1. The van der Waals surface area contributed by atoms with Crippen LogP contribution in [0.4, 0.5) is 5.82 Å². The molecule has 1 rings (SSSR count). The lowest BCUT2D eigenvalue weighted by molar-refractivity contribution is 0.415. The molecule has 6 heteroatoms. The molecule has 0 aliphatic carbocycles. The largest absolute Gasteiger partial charge is 0.493 e. The number of rotatable bonds is 4. The van der Waals surface area contributed by atoms with Crippen LogP contribution in [0.5, 0.6) is 5.75 Å². The van der Waals surface area contributed by atoms with Crippen molar-refractivity contribution in [2.45, 2.75) is 19.4 Å². The lowest BCUT2D eigenvalue weighted by atomic mass is 10.2. The topological polar surface area (TPSA) is 74.2 Å². The van der Waals surface area contributed by atoms with Crippen LogP contribution >= 0.6 is 24.8 Å². The molecule has 98 valence electrons. The van der Waals surface area contributed by atoms with Crippen molar-refractivity contribution in [2.24, 2.45) is 5.73 Å². The molecule has 0 radical (unpaired) electrons. The number of hydrogen-bond acceptors (Lipinski definition) is 4. The van der Waals surface area contributed by atoms with E-state index in [0.717, 1.165) is 12.0 Å². The molecule has 0 aliphatic rings. The number of aromatic nitrogens is 1. The molecule has 4 N–H and O–H groups in total. The maximum atomic E-state index is 5.63. The summed E-state index contributed by atoms with van der Waals surface area (Å²) in [6, 6.07) is 2.02. The fourth-order valence-corrected chi connectivity index (χ4v) is 1.14. The Hall–Kier alpha value is -0.970. The highest BCUT2D eigenvalue weighted by Crippen LogP contribution is 2.19. The standard InChI is InChI=1S/C11H17N3O.2ClH/c1-8(12)4-3-5-9-6-10(15-2)11(13)14-7-9;;/h3,5-8H,4,12H2,1-2H3,(H2,13,14);2*1H/b5-3+;;/t8-;;/m0../s1. The second kappa shape index (κ2) is 9.10. The van der Waals surface area contributed by atoms with Crippen LogP contribution in [0.1, 0.15) is 18.9 Å². The minimum Gasteiger partial charge on any atom is -0.493 e. The first-order chi connectivity index (χ1) is 7.13. The minimum absolute atomic E-state index is 0. The van der Waals surface area contributed by atoms with Gasteiger partial charge in [-0.1, -0.05) is 12.2 Å². The lowest BCUT2D eigenvalue weighted by Gasteiger charge is -2.03. The monoisotopic (exact) mass is 279 g/mol. The Labute approximate surface area is 114 Å². The fourth-order valence-electron chi connectivity index (χ4n) is 1.14. The summed E-state index contributed by atoms with van der Waals surface area (Å²) in [6.45, 7) is 1.96. The van der Waals surface area contributed by atoms with Gasteiger partial charge in [0.15, 0.2) is 11.6 Å². The van der Waals surface area contributed by atoms with Crippen LogP contribution < -0.4 is 16.2 Å². The fraction of sp³-hybridized carbons (Fsp3) is 0.364. The minimum atomic E-state index is 0. The normalized spacial score (nSPS) is 11.5. The summed E-state index contributed by atoms with van der Waals surface area (Å²) in [6.07, 6.45) is 6.51. The predicted octanol–water partition coefficient (Wildman–Crippen LogP) is 2.27. The summed E-state index contributed by atoms with van der Waals surface area (Å²) >= 11 is 0. The van der Waals surface area contributed by atoms with E-state index in [9.17, 15) is 0 Å². The molecule has 0 amide bonds. The second-order valence-electron chi connectivity index (χ2n) is 3.47. The van der Waals surface area contributed by atoms with Gasteiger partial charge in [-0.25, -0.2) is 4.98 Å². The number of halogens is 2. The number of nitrogens with two attached hydrogens (primary N) is 2. The van der Waals surface area contributed by atoms with Crippen molar-refractivity contribution in [2.75, 3.05) is 12.8 Å². The number of ether oxygens (including phenoxy) is 1. The Morgan fingerprint density at radius 1 is 1.47 bits per heavy atom. The number of nitrogen functional groups attached to an aromatic ring is 1. The Balaban J connectivity index is 0. The molecule has 0 saturated carbocycles. The van der Waals surface area contributed by atoms with Gasteiger partial charge in [0.2, 0.25) is 0 Å². The zero-order valence-electron chi connectivity index (χ0n) is 9.92. The van der Waals surface area contributed by atoms with Crippen molar-refractivity contribution in [3.05, 3.63) is 23.9 Å². The van der Waals surface area contributed by atoms with E-state index in [-0.39, 0.29) is 30.9 Å². The van der Waals surface area contributed by atoms with Gasteiger partial charge >= 0.3 is 0 Å². The zero-order chi connectivity index (χ0) is 11.3. The molecule has 0 fully saturated rings. The van der Waals surface area contributed by atoms with E-state index >= 15 is 0 Å². The Bertz CT molecular complexity index is 357. The second-order valence-corrected chi connectivity index (χ2v) is 3.47. The number of methoxy groups -OCH3 is 1. The molecule has 0 bridgehead atoms. The van der Waals surface area contributed by atoms with Crippen molar-refractivity contribution in [3.63, 3.8) is 0 Å². The highest BCUT2D eigenvalue weighted by molar-refractivity contribution is 5.85. The van der Waals surface area contributed by atoms with Gasteiger partial charge in [0, 0.05) is 12.2 Å². The van der Waals surface area contributed by atoms with Crippen LogP contribution in [-0.4, -0.2) is 18.1 Å². The maximum Gasteiger partial charge on any atom is 0.166 e. The number of anilines is 1. The molecule has 0 aliphatic heterocycles. The van der Waals surface area contributed by atoms with Crippen LogP contribution in [0.3, 0.4) is 0 Å². The van der Waals surface area contributed by atoms with E-state index in [1.807, 2.05) is 25.1 Å². The summed E-state index contributed by atoms with van der Waals surface area (Å²) in [5.74, 6) is 1.000. The molecule has 1 aromatic heterocycles. The summed E-state index contributed by atoms with van der Waals surface area (Å²) in [5.41, 5.74) is 12.2. The van der Waals surface area contributed by atoms with Crippen LogP contribution in [0.2, 0.25) is 0 Å². The summed E-state index contributed by atoms with van der Waals surface area (Å²) in [5, 5.41) is 0. The third-order valence-electron chi connectivity index (χ3n) is 1.94. The predicted molar refractivity (Wildman–Crippen MR) is 77.0 cm³/mol. The van der Waals surface area contributed by atoms with Crippen LogP contribution in [0, 0.1) is 0 Å². The average molecular weight is 280 g/mol. The Morgan fingerprint density at radius 2 is 2.12 bits per heavy atom. The van der Waals surface area contributed by atoms with Crippen LogP contribution in [-0.2, 0) is 0 Å². The van der Waals surface area contributed by atoms with Gasteiger partial charge in [0.1, 0.15) is 0 Å². The Morgan fingerprint density at radius 3 is 2.65 bits per heavy atom.